The summed E-state index contributed by atoms with van der Waals surface area (Å²) in [4.78, 5) is 1.32. The van der Waals surface area contributed by atoms with Gasteiger partial charge in [-0.2, -0.15) is 0 Å². The van der Waals surface area contributed by atoms with Gasteiger partial charge in [0.2, 0.25) is 0 Å². The summed E-state index contributed by atoms with van der Waals surface area (Å²) in [6, 6.07) is 35.9. The molecule has 10 heteroatoms. The topological polar surface area (TPSA) is 0 Å². The Hall–Kier alpha value is -1.18. The fourth-order valence-corrected chi connectivity index (χ4v) is 18.4. The quantitative estimate of drug-likeness (QED) is 0.120. The lowest BCUT2D eigenvalue weighted by Crippen LogP contribution is -1.83. The second-order valence-corrected chi connectivity index (χ2v) is 24.8. The van der Waals surface area contributed by atoms with Crippen molar-refractivity contribution in [2.45, 2.75) is 50.7 Å². The van der Waals surface area contributed by atoms with Gasteiger partial charge in [-0.3, -0.25) is 0 Å². The first-order valence-corrected chi connectivity index (χ1v) is 26.3. The zero-order chi connectivity index (χ0) is 37.3. The van der Waals surface area contributed by atoms with Crippen LogP contribution < -0.4 is 0 Å². The number of hydrogen-bond donors (Lipinski definition) is 0. The Morgan fingerprint density at radius 1 is 0.389 bits per heavy atom. The molecular weight excluding hydrogens is 849 g/mol. The second kappa shape index (κ2) is 20.5. The molecule has 54 heavy (non-hydrogen) atoms. The lowest BCUT2D eigenvalue weighted by atomic mass is 10.2. The Kier molecular flexibility index (Phi) is 15.6. The van der Waals surface area contributed by atoms with E-state index in [9.17, 15) is 0 Å². The standard InChI is InChI=1S/C44H40S10/c1-29-5-13-33(14-6-29)24-46-41-42(47-25-34-15-7-30(2)8-16-34)52-39(51-41)22-21-38-45-28-37(50-38)23-40-53-43(48-26-35-17-9-31(3)10-18-35)44(54-40)49-27-36-19-11-32(4)12-20-36/h5-23,28H,24-27H2,1-4H3/b38-21+. The number of rotatable bonds is 14. The highest BCUT2D eigenvalue weighted by molar-refractivity contribution is 8.41. The summed E-state index contributed by atoms with van der Waals surface area (Å²) in [6.45, 7) is 8.62. The normalized spacial score (nSPS) is 16.6. The van der Waals surface area contributed by atoms with E-state index in [2.05, 4.69) is 148 Å². The van der Waals surface area contributed by atoms with Crippen LogP contribution in [0.15, 0.2) is 155 Å². The summed E-state index contributed by atoms with van der Waals surface area (Å²) < 4.78 is 9.74. The summed E-state index contributed by atoms with van der Waals surface area (Å²) in [5, 5.41) is 2.32. The molecule has 0 spiro atoms. The van der Waals surface area contributed by atoms with Crippen molar-refractivity contribution in [2.75, 3.05) is 0 Å². The SMILES string of the molecule is Cc1ccc(CSC2=C(SCc3ccc(C)cc3)SC(=C/C=C3\SC=C(C=C4SC(SCc5ccc(C)cc5)=C(SCc5ccc(C)cc5)S4)S3)S2)cc1. The third-order valence-electron chi connectivity index (χ3n) is 8.19. The predicted molar refractivity (Wildman–Crippen MR) is 262 cm³/mol. The molecule has 0 nitrogen and oxygen atoms in total. The summed E-state index contributed by atoms with van der Waals surface area (Å²) in [7, 11) is 0. The highest BCUT2D eigenvalue weighted by atomic mass is 32.3. The van der Waals surface area contributed by atoms with Gasteiger partial charge in [-0.25, -0.2) is 0 Å². The minimum Gasteiger partial charge on any atom is -0.112 e. The van der Waals surface area contributed by atoms with Crippen LogP contribution >= 0.6 is 118 Å². The maximum absolute atomic E-state index is 2.40. The lowest BCUT2D eigenvalue weighted by molar-refractivity contribution is 1.37. The highest BCUT2D eigenvalue weighted by Gasteiger charge is 2.25. The minimum atomic E-state index is 0.989. The van der Waals surface area contributed by atoms with Gasteiger partial charge in [-0.05, 0) is 73.6 Å². The van der Waals surface area contributed by atoms with Crippen LogP contribution in [0.5, 0.6) is 0 Å². The van der Waals surface area contributed by atoms with E-state index in [0.29, 0.717) is 0 Å². The highest BCUT2D eigenvalue weighted by Crippen LogP contribution is 2.60. The molecule has 0 radical (unpaired) electrons. The maximum Gasteiger partial charge on any atom is 0.0663 e. The van der Waals surface area contributed by atoms with Crippen LogP contribution in [0.2, 0.25) is 0 Å². The van der Waals surface area contributed by atoms with Gasteiger partial charge < -0.3 is 0 Å². The van der Waals surface area contributed by atoms with Crippen LogP contribution in [0.4, 0.5) is 0 Å². The van der Waals surface area contributed by atoms with E-state index in [0.717, 1.165) is 23.0 Å². The summed E-state index contributed by atoms with van der Waals surface area (Å²) >= 11 is 19.4. The summed E-state index contributed by atoms with van der Waals surface area (Å²) in [5.74, 6) is 3.96. The van der Waals surface area contributed by atoms with Gasteiger partial charge in [0.25, 0.3) is 0 Å². The smallest absolute Gasteiger partial charge is 0.0663 e. The van der Waals surface area contributed by atoms with Gasteiger partial charge in [0.15, 0.2) is 0 Å². The number of allylic oxidation sites excluding steroid dienone is 3. The molecule has 0 saturated heterocycles. The van der Waals surface area contributed by atoms with Crippen molar-refractivity contribution in [1.29, 1.82) is 0 Å². The van der Waals surface area contributed by atoms with Gasteiger partial charge in [0.1, 0.15) is 0 Å². The van der Waals surface area contributed by atoms with Crippen molar-refractivity contribution in [3.63, 3.8) is 0 Å². The van der Waals surface area contributed by atoms with Crippen LogP contribution in [0.1, 0.15) is 44.5 Å². The van der Waals surface area contributed by atoms with Crippen LogP contribution in [0.25, 0.3) is 0 Å². The van der Waals surface area contributed by atoms with E-state index in [1.807, 2.05) is 118 Å². The average Bonchev–Trinajstić information content (AvgIpc) is 3.91. The first-order chi connectivity index (χ1) is 26.3. The van der Waals surface area contributed by atoms with Crippen molar-refractivity contribution in [2.24, 2.45) is 0 Å². The Balaban J connectivity index is 0.979. The molecule has 4 aromatic carbocycles. The largest absolute Gasteiger partial charge is 0.112 e. The van der Waals surface area contributed by atoms with E-state index in [1.54, 1.807) is 0 Å². The van der Waals surface area contributed by atoms with Crippen LogP contribution in [-0.4, -0.2) is 0 Å². The molecule has 0 saturated carbocycles. The van der Waals surface area contributed by atoms with E-state index >= 15 is 0 Å². The van der Waals surface area contributed by atoms with E-state index in [-0.39, 0.29) is 0 Å². The molecule has 276 valence electrons. The third kappa shape index (κ3) is 12.4. The predicted octanol–water partition coefficient (Wildman–Crippen LogP) is 17.0. The van der Waals surface area contributed by atoms with Crippen molar-refractivity contribution in [3.05, 3.63) is 200 Å². The molecule has 0 atom stereocenters. The Morgan fingerprint density at radius 2 is 0.704 bits per heavy atom. The van der Waals surface area contributed by atoms with Gasteiger partial charge in [-0.15, -0.1) is 47.0 Å². The summed E-state index contributed by atoms with van der Waals surface area (Å²) in [5.41, 5.74) is 10.7. The second-order valence-electron chi connectivity index (χ2n) is 12.8. The van der Waals surface area contributed by atoms with Crippen molar-refractivity contribution in [1.82, 2.24) is 0 Å². The zero-order valence-corrected chi connectivity index (χ0v) is 38.6. The summed E-state index contributed by atoms with van der Waals surface area (Å²) in [6.07, 6.45) is 7.05. The number of benzene rings is 4. The van der Waals surface area contributed by atoms with Gasteiger partial charge in [-0.1, -0.05) is 190 Å². The number of aryl methyl sites for hydroxylation is 4. The lowest BCUT2D eigenvalue weighted by Gasteiger charge is -2.06. The molecule has 0 fully saturated rings. The molecule has 7 rings (SSSR count). The van der Waals surface area contributed by atoms with Gasteiger partial charge in [0.05, 0.1) is 25.4 Å². The van der Waals surface area contributed by atoms with E-state index in [1.165, 1.54) is 79.1 Å². The molecule has 0 N–H and O–H groups in total. The molecule has 3 aliphatic heterocycles. The van der Waals surface area contributed by atoms with E-state index in [4.69, 9.17) is 0 Å². The van der Waals surface area contributed by atoms with Crippen LogP contribution in [0.3, 0.4) is 0 Å². The first-order valence-electron chi connectivity index (χ1n) is 17.4. The monoisotopic (exact) mass is 888 g/mol. The van der Waals surface area contributed by atoms with Crippen LogP contribution in [0, 0.1) is 27.7 Å². The third-order valence-corrected chi connectivity index (χ3v) is 21.5. The Bertz CT molecular complexity index is 1990. The maximum atomic E-state index is 2.40. The van der Waals surface area contributed by atoms with Crippen molar-refractivity contribution in [3.8, 4) is 0 Å². The van der Waals surface area contributed by atoms with Crippen molar-refractivity contribution >= 4 is 118 Å². The van der Waals surface area contributed by atoms with Gasteiger partial charge >= 0.3 is 0 Å². The molecule has 3 aliphatic rings. The fourth-order valence-electron chi connectivity index (χ4n) is 5.06. The van der Waals surface area contributed by atoms with Crippen LogP contribution in [-0.2, 0) is 23.0 Å². The molecule has 0 amide bonds. The number of hydrogen-bond acceptors (Lipinski definition) is 10. The number of thioether (sulfide) groups is 10. The Morgan fingerprint density at radius 3 is 1.06 bits per heavy atom. The minimum absolute atomic E-state index is 0.989. The van der Waals surface area contributed by atoms with Gasteiger partial charge in [0, 0.05) is 32.2 Å². The Labute approximate surface area is 364 Å². The fraction of sp³-hybridized carbons (Fsp3) is 0.182. The average molecular weight is 889 g/mol. The van der Waals surface area contributed by atoms with E-state index < -0.39 is 0 Å². The molecule has 0 unspecified atom stereocenters. The molecule has 4 aromatic rings. The molecular formula is C44H40S10. The van der Waals surface area contributed by atoms with Crippen molar-refractivity contribution < 1.29 is 0 Å². The zero-order valence-electron chi connectivity index (χ0n) is 30.5. The first kappa shape index (κ1) is 41.0. The molecule has 0 aromatic heterocycles. The molecule has 0 aliphatic carbocycles. The molecule has 0 bridgehead atoms. The molecule has 3 heterocycles.